The number of hydrogen-bond acceptors (Lipinski definition) is 2. The second-order valence-electron chi connectivity index (χ2n) is 4.26. The van der Waals surface area contributed by atoms with Crippen molar-refractivity contribution in [2.45, 2.75) is 46.0 Å². The molecule has 11 heavy (non-hydrogen) atoms. The zero-order valence-corrected chi connectivity index (χ0v) is 7.79. The van der Waals surface area contributed by atoms with E-state index in [2.05, 4.69) is 13.8 Å². The summed E-state index contributed by atoms with van der Waals surface area (Å²) in [5, 5.41) is 9.26. The van der Waals surface area contributed by atoms with Crippen molar-refractivity contribution in [1.82, 2.24) is 0 Å². The quantitative estimate of drug-likeness (QED) is 0.630. The summed E-state index contributed by atoms with van der Waals surface area (Å²) >= 11 is 0. The number of rotatable bonds is 1. The van der Waals surface area contributed by atoms with Crippen LogP contribution in [0.5, 0.6) is 0 Å². The molecule has 1 fully saturated rings. The first kappa shape index (κ1) is 9.01. The van der Waals surface area contributed by atoms with Gasteiger partial charge in [-0.25, -0.2) is 0 Å². The molecule has 0 aliphatic carbocycles. The molecule has 2 nitrogen and oxygen atoms in total. The second-order valence-corrected chi connectivity index (χ2v) is 4.26. The molecule has 0 aromatic rings. The molecule has 0 bridgehead atoms. The highest BCUT2D eigenvalue weighted by atomic mass is 16.6. The topological polar surface area (TPSA) is 29.5 Å². The summed E-state index contributed by atoms with van der Waals surface area (Å²) in [6, 6.07) is 0. The Bertz CT molecular complexity index is 140. The minimum atomic E-state index is -0.544. The van der Waals surface area contributed by atoms with Crippen LogP contribution in [-0.2, 0) is 4.74 Å². The van der Waals surface area contributed by atoms with Crippen molar-refractivity contribution in [2.24, 2.45) is 11.8 Å². The molecule has 66 valence electrons. The maximum absolute atomic E-state index is 9.26. The summed E-state index contributed by atoms with van der Waals surface area (Å²) in [7, 11) is 0. The average Bonchev–Trinajstić information content (AvgIpc) is 2.04. The van der Waals surface area contributed by atoms with Crippen LogP contribution in [0.1, 0.15) is 34.1 Å². The van der Waals surface area contributed by atoms with Crippen molar-refractivity contribution < 1.29 is 9.84 Å². The van der Waals surface area contributed by atoms with Gasteiger partial charge in [0.25, 0.3) is 0 Å². The molecule has 2 heteroatoms. The predicted octanol–water partition coefficient (Wildman–Crippen LogP) is 1.78. The average molecular weight is 158 g/mol. The summed E-state index contributed by atoms with van der Waals surface area (Å²) in [6.07, 6.45) is 0.238. The highest BCUT2D eigenvalue weighted by Crippen LogP contribution is 2.39. The summed E-state index contributed by atoms with van der Waals surface area (Å²) in [6.45, 7) is 8.45. The molecule has 2 unspecified atom stereocenters. The van der Waals surface area contributed by atoms with Gasteiger partial charge in [0.1, 0.15) is 0 Å². The van der Waals surface area contributed by atoms with Crippen LogP contribution < -0.4 is 0 Å². The van der Waals surface area contributed by atoms with Crippen LogP contribution in [0.2, 0.25) is 0 Å². The van der Waals surface area contributed by atoms with Gasteiger partial charge < -0.3 is 9.84 Å². The highest BCUT2D eigenvalue weighted by molar-refractivity contribution is 4.87. The van der Waals surface area contributed by atoms with E-state index in [-0.39, 0.29) is 5.60 Å². The third kappa shape index (κ3) is 1.74. The van der Waals surface area contributed by atoms with Crippen molar-refractivity contribution in [2.75, 3.05) is 0 Å². The molecule has 1 aliphatic rings. The Morgan fingerprint density at radius 2 is 2.00 bits per heavy atom. The largest absolute Gasteiger partial charge is 0.368 e. The van der Waals surface area contributed by atoms with Crippen LogP contribution in [0.4, 0.5) is 0 Å². The normalized spacial score (nSPS) is 36.5. The number of aliphatic hydroxyl groups is 1. The Hall–Kier alpha value is -0.0800. The van der Waals surface area contributed by atoms with Gasteiger partial charge in [0, 0.05) is 6.42 Å². The molecule has 0 amide bonds. The molecule has 0 aromatic heterocycles. The van der Waals surface area contributed by atoms with Crippen molar-refractivity contribution in [3.05, 3.63) is 0 Å². The van der Waals surface area contributed by atoms with E-state index in [0.717, 1.165) is 6.42 Å². The van der Waals surface area contributed by atoms with Gasteiger partial charge in [-0.05, 0) is 25.7 Å². The Labute approximate surface area is 68.6 Å². The minimum Gasteiger partial charge on any atom is -0.368 e. The fourth-order valence-electron chi connectivity index (χ4n) is 2.06. The monoisotopic (exact) mass is 158 g/mol. The van der Waals surface area contributed by atoms with Gasteiger partial charge in [0.2, 0.25) is 0 Å². The van der Waals surface area contributed by atoms with E-state index in [1.807, 2.05) is 13.8 Å². The third-order valence-corrected chi connectivity index (χ3v) is 2.59. The molecule has 2 atom stereocenters. The Morgan fingerprint density at radius 3 is 2.18 bits per heavy atom. The van der Waals surface area contributed by atoms with Crippen LogP contribution in [0.25, 0.3) is 0 Å². The van der Waals surface area contributed by atoms with Gasteiger partial charge in [-0.1, -0.05) is 13.8 Å². The van der Waals surface area contributed by atoms with Gasteiger partial charge in [0.15, 0.2) is 6.29 Å². The first-order chi connectivity index (χ1) is 4.93. The number of aliphatic hydroxyl groups excluding tert-OH is 1. The maximum Gasteiger partial charge on any atom is 0.155 e. The second kappa shape index (κ2) is 2.76. The molecule has 0 aromatic carbocycles. The van der Waals surface area contributed by atoms with Crippen LogP contribution >= 0.6 is 0 Å². The summed E-state index contributed by atoms with van der Waals surface area (Å²) < 4.78 is 5.38. The van der Waals surface area contributed by atoms with Gasteiger partial charge in [0.05, 0.1) is 5.60 Å². The SMILES string of the molecule is CC(C)C1CC(O)OC1(C)C. The Balaban J connectivity index is 2.66. The fourth-order valence-corrected chi connectivity index (χ4v) is 2.06. The third-order valence-electron chi connectivity index (χ3n) is 2.59. The molecule has 1 aliphatic heterocycles. The molecular weight excluding hydrogens is 140 g/mol. The number of hydrogen-bond donors (Lipinski definition) is 1. The van der Waals surface area contributed by atoms with E-state index >= 15 is 0 Å². The Kier molecular flexibility index (Phi) is 2.26. The highest BCUT2D eigenvalue weighted by Gasteiger charge is 2.42. The van der Waals surface area contributed by atoms with Crippen molar-refractivity contribution in [3.63, 3.8) is 0 Å². The van der Waals surface area contributed by atoms with E-state index in [4.69, 9.17) is 4.74 Å². The van der Waals surface area contributed by atoms with Crippen LogP contribution in [-0.4, -0.2) is 17.0 Å². The van der Waals surface area contributed by atoms with E-state index in [1.54, 1.807) is 0 Å². The van der Waals surface area contributed by atoms with E-state index in [0.29, 0.717) is 11.8 Å². The van der Waals surface area contributed by atoms with Gasteiger partial charge in [-0.3, -0.25) is 0 Å². The lowest BCUT2D eigenvalue weighted by Gasteiger charge is -2.28. The zero-order chi connectivity index (χ0) is 8.65. The molecule has 0 saturated carbocycles. The van der Waals surface area contributed by atoms with Gasteiger partial charge in [-0.2, -0.15) is 0 Å². The molecule has 0 spiro atoms. The molecule has 0 radical (unpaired) electrons. The maximum atomic E-state index is 9.26. The number of ether oxygens (including phenoxy) is 1. The van der Waals surface area contributed by atoms with Crippen molar-refractivity contribution >= 4 is 0 Å². The first-order valence-corrected chi connectivity index (χ1v) is 4.29. The first-order valence-electron chi connectivity index (χ1n) is 4.29. The van der Waals surface area contributed by atoms with Crippen LogP contribution in [0.3, 0.4) is 0 Å². The summed E-state index contributed by atoms with van der Waals surface area (Å²) in [4.78, 5) is 0. The molecule has 1 heterocycles. The fraction of sp³-hybridized carbons (Fsp3) is 1.00. The van der Waals surface area contributed by atoms with Gasteiger partial charge >= 0.3 is 0 Å². The Morgan fingerprint density at radius 1 is 1.45 bits per heavy atom. The molecule has 1 rings (SSSR count). The van der Waals surface area contributed by atoms with E-state index in [9.17, 15) is 5.11 Å². The smallest absolute Gasteiger partial charge is 0.155 e. The van der Waals surface area contributed by atoms with Crippen molar-refractivity contribution in [1.29, 1.82) is 0 Å². The lowest BCUT2D eigenvalue weighted by molar-refractivity contribution is -0.129. The lowest BCUT2D eigenvalue weighted by atomic mass is 9.82. The van der Waals surface area contributed by atoms with E-state index < -0.39 is 6.29 Å². The minimum absolute atomic E-state index is 0.145. The lowest BCUT2D eigenvalue weighted by Crippen LogP contribution is -2.30. The zero-order valence-electron chi connectivity index (χ0n) is 7.79. The standard InChI is InChI=1S/C9H18O2/c1-6(2)7-5-8(10)11-9(7,3)4/h6-8,10H,5H2,1-4H3. The molecule has 1 N–H and O–H groups in total. The van der Waals surface area contributed by atoms with Gasteiger partial charge in [-0.15, -0.1) is 0 Å². The van der Waals surface area contributed by atoms with Crippen LogP contribution in [0.15, 0.2) is 0 Å². The molecular formula is C9H18O2. The van der Waals surface area contributed by atoms with E-state index in [1.165, 1.54) is 0 Å². The predicted molar refractivity (Wildman–Crippen MR) is 44.1 cm³/mol. The summed E-state index contributed by atoms with van der Waals surface area (Å²) in [5.41, 5.74) is -0.145. The van der Waals surface area contributed by atoms with Crippen molar-refractivity contribution in [3.8, 4) is 0 Å². The molecule has 1 saturated heterocycles. The summed E-state index contributed by atoms with van der Waals surface area (Å²) in [5.74, 6) is 1.07. The van der Waals surface area contributed by atoms with Crippen LogP contribution in [0, 0.1) is 11.8 Å².